The average molecular weight is 135 g/mol. The molecule has 0 aliphatic carbocycles. The molecule has 0 amide bonds. The Labute approximate surface area is 61.1 Å². The Bertz CT molecular complexity index is 184. The van der Waals surface area contributed by atoms with Gasteiger partial charge in [-0.1, -0.05) is 6.92 Å². The number of nitrogens with two attached hydrogens (primary N) is 1. The highest BCUT2D eigenvalue weighted by molar-refractivity contribution is 5.16. The summed E-state index contributed by atoms with van der Waals surface area (Å²) in [5.74, 6) is 0.322. The molecule has 2 nitrogen and oxygen atoms in total. The third-order valence-corrected chi connectivity index (χ3v) is 1.52. The molecular weight excluding hydrogens is 124 g/mol. The van der Waals surface area contributed by atoms with E-state index in [2.05, 4.69) is 11.9 Å². The molecule has 1 atom stereocenters. The lowest BCUT2D eigenvalue weighted by Gasteiger charge is -2.05. The summed E-state index contributed by atoms with van der Waals surface area (Å²) in [5, 5.41) is 0. The Hall–Kier alpha value is -0.890. The Morgan fingerprint density at radius 1 is 1.50 bits per heavy atom. The molecule has 1 unspecified atom stereocenters. The van der Waals surface area contributed by atoms with Crippen LogP contribution < -0.4 is 5.73 Å². The molecule has 0 saturated carbocycles. The normalized spacial score (nSPS) is 13.0. The quantitative estimate of drug-likeness (QED) is 0.664. The lowest BCUT2D eigenvalue weighted by molar-refractivity contribution is 0.867. The third-order valence-electron chi connectivity index (χ3n) is 1.52. The maximum absolute atomic E-state index is 5.36. The van der Waals surface area contributed by atoms with Gasteiger partial charge in [0.2, 0.25) is 0 Å². The van der Waals surface area contributed by atoms with Crippen molar-refractivity contribution in [1.82, 2.24) is 4.98 Å². The second-order valence-corrected chi connectivity index (χ2v) is 2.26. The first-order chi connectivity index (χ1) is 4.84. The zero-order chi connectivity index (χ0) is 7.40. The van der Waals surface area contributed by atoms with Crippen LogP contribution in [0.1, 0.15) is 18.4 Å². The van der Waals surface area contributed by atoms with Crippen molar-refractivity contribution in [2.45, 2.75) is 12.8 Å². The van der Waals surface area contributed by atoms with Gasteiger partial charge in [0.05, 0.1) is 0 Å². The summed E-state index contributed by atoms with van der Waals surface area (Å²) in [5.41, 5.74) is 6.56. The molecule has 0 fully saturated rings. The van der Waals surface area contributed by atoms with E-state index in [4.69, 9.17) is 5.73 Å². The van der Waals surface area contributed by atoms with Gasteiger partial charge in [0, 0.05) is 18.9 Å². The van der Waals surface area contributed by atoms with Gasteiger partial charge in [-0.25, -0.2) is 0 Å². The summed E-state index contributed by atoms with van der Waals surface area (Å²) < 4.78 is 0. The molecule has 1 radical (unpaired) electrons. The fourth-order valence-electron chi connectivity index (χ4n) is 0.778. The maximum Gasteiger partial charge on any atom is 0.0270 e. The van der Waals surface area contributed by atoms with Crippen LogP contribution >= 0.6 is 0 Å². The molecule has 10 heavy (non-hydrogen) atoms. The van der Waals surface area contributed by atoms with Gasteiger partial charge in [0.1, 0.15) is 0 Å². The number of hydrogen-bond donors (Lipinski definition) is 1. The van der Waals surface area contributed by atoms with Gasteiger partial charge in [-0.05, 0) is 23.6 Å². The molecule has 2 heteroatoms. The molecule has 2 N–H and O–H groups in total. The van der Waals surface area contributed by atoms with Crippen molar-refractivity contribution in [1.29, 1.82) is 0 Å². The predicted molar refractivity (Wildman–Crippen MR) is 41.1 cm³/mol. The van der Waals surface area contributed by atoms with Crippen LogP contribution in [0.15, 0.2) is 24.5 Å². The van der Waals surface area contributed by atoms with E-state index in [9.17, 15) is 0 Å². The molecule has 1 aromatic rings. The molecule has 0 aliphatic rings. The number of aromatic nitrogens is 1. The topological polar surface area (TPSA) is 38.9 Å². The van der Waals surface area contributed by atoms with E-state index in [0.29, 0.717) is 5.92 Å². The number of hydrogen-bond acceptors (Lipinski definition) is 2. The molecule has 0 aromatic carbocycles. The van der Waals surface area contributed by atoms with Crippen molar-refractivity contribution >= 4 is 0 Å². The monoisotopic (exact) mass is 135 g/mol. The van der Waals surface area contributed by atoms with Gasteiger partial charge < -0.3 is 5.73 Å². The SMILES string of the molecule is CC([CH]N)c1ccncc1. The second-order valence-electron chi connectivity index (χ2n) is 2.26. The lowest BCUT2D eigenvalue weighted by Crippen LogP contribution is -2.01. The third kappa shape index (κ3) is 1.54. The molecule has 1 aromatic heterocycles. The molecule has 53 valence electrons. The van der Waals surface area contributed by atoms with Crippen LogP contribution in [0.2, 0.25) is 0 Å². The minimum Gasteiger partial charge on any atom is -0.326 e. The smallest absolute Gasteiger partial charge is 0.0270 e. The fourth-order valence-corrected chi connectivity index (χ4v) is 0.778. The largest absolute Gasteiger partial charge is 0.326 e. The van der Waals surface area contributed by atoms with Crippen molar-refractivity contribution in [2.24, 2.45) is 5.73 Å². The van der Waals surface area contributed by atoms with Crippen LogP contribution in [0.4, 0.5) is 0 Å². The van der Waals surface area contributed by atoms with Crippen LogP contribution in [-0.4, -0.2) is 4.98 Å². The van der Waals surface area contributed by atoms with Gasteiger partial charge in [0.15, 0.2) is 0 Å². The Morgan fingerprint density at radius 3 is 2.60 bits per heavy atom. The van der Waals surface area contributed by atoms with E-state index < -0.39 is 0 Å². The highest BCUT2D eigenvalue weighted by Crippen LogP contribution is 2.13. The van der Waals surface area contributed by atoms with E-state index in [-0.39, 0.29) is 0 Å². The van der Waals surface area contributed by atoms with E-state index in [1.165, 1.54) is 5.56 Å². The van der Waals surface area contributed by atoms with Crippen molar-refractivity contribution in [3.8, 4) is 0 Å². The predicted octanol–water partition coefficient (Wildman–Crippen LogP) is 1.31. The summed E-state index contributed by atoms with van der Waals surface area (Å²) in [6.45, 7) is 3.73. The number of rotatable bonds is 2. The minimum atomic E-state index is 0.322. The molecule has 0 saturated heterocycles. The van der Waals surface area contributed by atoms with Crippen LogP contribution in [-0.2, 0) is 0 Å². The summed E-state index contributed by atoms with van der Waals surface area (Å²) >= 11 is 0. The van der Waals surface area contributed by atoms with Gasteiger partial charge in [0.25, 0.3) is 0 Å². The van der Waals surface area contributed by atoms with Gasteiger partial charge >= 0.3 is 0 Å². The molecule has 0 spiro atoms. The van der Waals surface area contributed by atoms with Crippen LogP contribution in [0.3, 0.4) is 0 Å². The first kappa shape index (κ1) is 7.22. The van der Waals surface area contributed by atoms with Gasteiger partial charge in [-0.15, -0.1) is 0 Å². The minimum absolute atomic E-state index is 0.322. The van der Waals surface area contributed by atoms with Gasteiger partial charge in [-0.2, -0.15) is 0 Å². The molecule has 0 aliphatic heterocycles. The van der Waals surface area contributed by atoms with Crippen molar-refractivity contribution in [2.75, 3.05) is 0 Å². The Kier molecular flexibility index (Phi) is 2.40. The zero-order valence-corrected chi connectivity index (χ0v) is 5.99. The van der Waals surface area contributed by atoms with Gasteiger partial charge in [-0.3, -0.25) is 4.98 Å². The van der Waals surface area contributed by atoms with E-state index in [1.807, 2.05) is 12.1 Å². The van der Waals surface area contributed by atoms with Crippen molar-refractivity contribution in [3.63, 3.8) is 0 Å². The summed E-state index contributed by atoms with van der Waals surface area (Å²) in [7, 11) is 0. The van der Waals surface area contributed by atoms with Crippen molar-refractivity contribution < 1.29 is 0 Å². The number of nitrogens with zero attached hydrogens (tertiary/aromatic N) is 1. The molecule has 0 bridgehead atoms. The fraction of sp³-hybridized carbons (Fsp3) is 0.250. The maximum atomic E-state index is 5.36. The van der Waals surface area contributed by atoms with Crippen LogP contribution in [0.25, 0.3) is 0 Å². The lowest BCUT2D eigenvalue weighted by atomic mass is 10.0. The van der Waals surface area contributed by atoms with Crippen LogP contribution in [0, 0.1) is 6.54 Å². The standard InChI is InChI=1S/C8H11N2/c1-7(6-9)8-2-4-10-5-3-8/h2-7H,9H2,1H3. The molecule has 1 heterocycles. The van der Waals surface area contributed by atoms with Crippen molar-refractivity contribution in [3.05, 3.63) is 36.6 Å². The zero-order valence-electron chi connectivity index (χ0n) is 5.99. The van der Waals surface area contributed by atoms with Crippen LogP contribution in [0.5, 0.6) is 0 Å². The first-order valence-electron chi connectivity index (χ1n) is 3.29. The summed E-state index contributed by atoms with van der Waals surface area (Å²) in [4.78, 5) is 3.91. The second kappa shape index (κ2) is 3.32. The molecule has 1 rings (SSSR count). The van der Waals surface area contributed by atoms with E-state index in [1.54, 1.807) is 18.9 Å². The summed E-state index contributed by atoms with van der Waals surface area (Å²) in [6, 6.07) is 3.93. The number of pyridine rings is 1. The van der Waals surface area contributed by atoms with E-state index in [0.717, 1.165) is 0 Å². The summed E-state index contributed by atoms with van der Waals surface area (Å²) in [6.07, 6.45) is 3.55. The molecular formula is C8H11N2. The van der Waals surface area contributed by atoms with E-state index >= 15 is 0 Å². The average Bonchev–Trinajstić information content (AvgIpc) is 2.05. The highest BCUT2D eigenvalue weighted by atomic mass is 14.6. The Balaban J connectivity index is 2.75. The highest BCUT2D eigenvalue weighted by Gasteiger charge is 2.00. The Morgan fingerprint density at radius 2 is 2.10 bits per heavy atom. The first-order valence-corrected chi connectivity index (χ1v) is 3.29.